The van der Waals surface area contributed by atoms with E-state index < -0.39 is 4.92 Å². The van der Waals surface area contributed by atoms with Crippen molar-refractivity contribution in [2.24, 2.45) is 0 Å². The Kier molecular flexibility index (Phi) is 3.48. The van der Waals surface area contributed by atoms with Gasteiger partial charge in [-0.2, -0.15) is 0 Å². The summed E-state index contributed by atoms with van der Waals surface area (Å²) in [6.45, 7) is 0. The number of nitro groups is 1. The molecule has 2 rings (SSSR count). The Morgan fingerprint density at radius 3 is 2.50 bits per heavy atom. The van der Waals surface area contributed by atoms with Crippen molar-refractivity contribution in [2.75, 3.05) is 5.73 Å². The van der Waals surface area contributed by atoms with Gasteiger partial charge < -0.3 is 5.73 Å². The highest BCUT2D eigenvalue weighted by atomic mass is 35.5. The monoisotopic (exact) mass is 262 g/mol. The second-order valence-electron chi connectivity index (χ2n) is 3.92. The molecule has 4 nitrogen and oxygen atoms in total. The van der Waals surface area contributed by atoms with Crippen molar-refractivity contribution in [2.45, 2.75) is 6.42 Å². The van der Waals surface area contributed by atoms with Crippen molar-refractivity contribution >= 4 is 23.0 Å². The lowest BCUT2D eigenvalue weighted by Crippen LogP contribution is -2.01. The number of hydrogen-bond donors (Lipinski definition) is 1. The van der Waals surface area contributed by atoms with Crippen molar-refractivity contribution < 1.29 is 4.92 Å². The number of nitrogens with two attached hydrogens (primary N) is 1. The van der Waals surface area contributed by atoms with Crippen molar-refractivity contribution in [3.63, 3.8) is 0 Å². The van der Waals surface area contributed by atoms with Gasteiger partial charge in [0.25, 0.3) is 5.69 Å². The molecule has 92 valence electrons. The van der Waals surface area contributed by atoms with E-state index in [2.05, 4.69) is 0 Å². The molecule has 2 aromatic rings. The molecule has 0 aliphatic rings. The van der Waals surface area contributed by atoms with E-state index in [1.165, 1.54) is 6.07 Å². The fourth-order valence-corrected chi connectivity index (χ4v) is 2.01. The summed E-state index contributed by atoms with van der Waals surface area (Å²) >= 11 is 5.87. The van der Waals surface area contributed by atoms with Crippen molar-refractivity contribution in [1.29, 1.82) is 0 Å². The minimum absolute atomic E-state index is 0.145. The standard InChI is InChI=1S/C13H11ClN2O2/c14-11-7-10(6-9-4-2-1-3-5-9)13(15)12(8-11)16(17)18/h1-5,7-8H,6,15H2. The largest absolute Gasteiger partial charge is 0.393 e. The summed E-state index contributed by atoms with van der Waals surface area (Å²) in [5.74, 6) is 0. The Morgan fingerprint density at radius 1 is 1.22 bits per heavy atom. The van der Waals surface area contributed by atoms with Gasteiger partial charge in [-0.3, -0.25) is 10.1 Å². The van der Waals surface area contributed by atoms with Crippen LogP contribution in [0, 0.1) is 10.1 Å². The molecule has 5 heteroatoms. The van der Waals surface area contributed by atoms with Gasteiger partial charge in [-0.1, -0.05) is 41.9 Å². The zero-order valence-electron chi connectivity index (χ0n) is 9.47. The first-order chi connectivity index (χ1) is 8.58. The molecule has 18 heavy (non-hydrogen) atoms. The number of anilines is 1. The minimum Gasteiger partial charge on any atom is -0.393 e. The number of hydrogen-bond acceptors (Lipinski definition) is 3. The zero-order valence-corrected chi connectivity index (χ0v) is 10.2. The van der Waals surface area contributed by atoms with E-state index in [4.69, 9.17) is 17.3 Å². The molecule has 0 saturated carbocycles. The topological polar surface area (TPSA) is 69.2 Å². The van der Waals surface area contributed by atoms with E-state index in [0.29, 0.717) is 17.0 Å². The second-order valence-corrected chi connectivity index (χ2v) is 4.35. The number of nitrogen functional groups attached to an aromatic ring is 1. The molecule has 0 aromatic heterocycles. The molecule has 0 atom stereocenters. The predicted molar refractivity (Wildman–Crippen MR) is 71.8 cm³/mol. The maximum atomic E-state index is 10.8. The first-order valence-electron chi connectivity index (χ1n) is 5.34. The minimum atomic E-state index is -0.518. The smallest absolute Gasteiger partial charge is 0.293 e. The third-order valence-electron chi connectivity index (χ3n) is 2.64. The Morgan fingerprint density at radius 2 is 1.89 bits per heavy atom. The van der Waals surface area contributed by atoms with Crippen LogP contribution in [0.2, 0.25) is 5.02 Å². The van der Waals surface area contributed by atoms with Gasteiger partial charge in [-0.25, -0.2) is 0 Å². The molecule has 0 unspecified atom stereocenters. The van der Waals surface area contributed by atoms with Gasteiger partial charge in [-0.15, -0.1) is 0 Å². The van der Waals surface area contributed by atoms with Crippen molar-refractivity contribution in [3.8, 4) is 0 Å². The molecule has 2 N–H and O–H groups in total. The molecule has 2 aromatic carbocycles. The van der Waals surface area contributed by atoms with Crippen LogP contribution in [0.25, 0.3) is 0 Å². The number of halogens is 1. The molecular formula is C13H11ClN2O2. The molecule has 0 radical (unpaired) electrons. The van der Waals surface area contributed by atoms with E-state index in [9.17, 15) is 10.1 Å². The van der Waals surface area contributed by atoms with Gasteiger partial charge in [0.2, 0.25) is 0 Å². The highest BCUT2D eigenvalue weighted by Gasteiger charge is 2.16. The lowest BCUT2D eigenvalue weighted by Gasteiger charge is -2.07. The summed E-state index contributed by atoms with van der Waals surface area (Å²) in [4.78, 5) is 10.3. The lowest BCUT2D eigenvalue weighted by atomic mass is 10.0. The van der Waals surface area contributed by atoms with Crippen LogP contribution >= 0.6 is 11.6 Å². The number of nitrogens with zero attached hydrogens (tertiary/aromatic N) is 1. The van der Waals surface area contributed by atoms with Crippen LogP contribution in [-0.4, -0.2) is 4.92 Å². The fourth-order valence-electron chi connectivity index (χ4n) is 1.77. The lowest BCUT2D eigenvalue weighted by molar-refractivity contribution is -0.383. The zero-order chi connectivity index (χ0) is 13.1. The molecule has 0 amide bonds. The average Bonchev–Trinajstić information content (AvgIpc) is 2.34. The predicted octanol–water partition coefficient (Wildman–Crippen LogP) is 3.42. The third kappa shape index (κ3) is 2.60. The van der Waals surface area contributed by atoms with Crippen molar-refractivity contribution in [3.05, 3.63) is 68.7 Å². The van der Waals surface area contributed by atoms with Crippen LogP contribution in [0.3, 0.4) is 0 Å². The molecular weight excluding hydrogens is 252 g/mol. The Bertz CT molecular complexity index is 585. The summed E-state index contributed by atoms with van der Waals surface area (Å²) in [7, 11) is 0. The second kappa shape index (κ2) is 5.06. The number of nitro benzene ring substituents is 1. The molecule has 0 saturated heterocycles. The summed E-state index contributed by atoms with van der Waals surface area (Å²) in [5, 5.41) is 11.2. The summed E-state index contributed by atoms with van der Waals surface area (Å²) in [6, 6.07) is 12.5. The van der Waals surface area contributed by atoms with E-state index in [1.807, 2.05) is 30.3 Å². The molecule has 0 aliphatic carbocycles. The normalized spacial score (nSPS) is 10.3. The van der Waals surface area contributed by atoms with E-state index in [1.54, 1.807) is 6.07 Å². The molecule has 0 spiro atoms. The maximum Gasteiger partial charge on any atom is 0.293 e. The summed E-state index contributed by atoms with van der Waals surface area (Å²) in [6.07, 6.45) is 0.522. The van der Waals surface area contributed by atoms with Crippen LogP contribution in [0.4, 0.5) is 11.4 Å². The van der Waals surface area contributed by atoms with Crippen LogP contribution in [-0.2, 0) is 6.42 Å². The third-order valence-corrected chi connectivity index (χ3v) is 2.86. The Hall–Kier alpha value is -2.07. The Balaban J connectivity index is 2.42. The van der Waals surface area contributed by atoms with Gasteiger partial charge >= 0.3 is 0 Å². The van der Waals surface area contributed by atoms with Crippen LogP contribution < -0.4 is 5.73 Å². The highest BCUT2D eigenvalue weighted by molar-refractivity contribution is 6.31. The fraction of sp³-hybridized carbons (Fsp3) is 0.0769. The Labute approximate surface area is 109 Å². The van der Waals surface area contributed by atoms with E-state index in [0.717, 1.165) is 5.56 Å². The van der Waals surface area contributed by atoms with Crippen LogP contribution in [0.5, 0.6) is 0 Å². The quantitative estimate of drug-likeness (QED) is 0.523. The van der Waals surface area contributed by atoms with Gasteiger partial charge in [0, 0.05) is 11.1 Å². The average molecular weight is 263 g/mol. The highest BCUT2D eigenvalue weighted by Crippen LogP contribution is 2.30. The molecule has 0 bridgehead atoms. The number of benzene rings is 2. The van der Waals surface area contributed by atoms with Crippen LogP contribution in [0.1, 0.15) is 11.1 Å². The summed E-state index contributed by atoms with van der Waals surface area (Å²) in [5.41, 5.74) is 7.53. The first kappa shape index (κ1) is 12.4. The van der Waals surface area contributed by atoms with E-state index >= 15 is 0 Å². The van der Waals surface area contributed by atoms with Gasteiger partial charge in [0.1, 0.15) is 5.69 Å². The van der Waals surface area contributed by atoms with Gasteiger partial charge in [0.05, 0.1) is 4.92 Å². The molecule has 0 heterocycles. The van der Waals surface area contributed by atoms with E-state index in [-0.39, 0.29) is 11.4 Å². The first-order valence-corrected chi connectivity index (χ1v) is 5.72. The van der Waals surface area contributed by atoms with Crippen molar-refractivity contribution in [1.82, 2.24) is 0 Å². The SMILES string of the molecule is Nc1c(Cc2ccccc2)cc(Cl)cc1[N+](=O)[O-]. The van der Waals surface area contributed by atoms with Gasteiger partial charge in [0.15, 0.2) is 0 Å². The number of rotatable bonds is 3. The maximum absolute atomic E-state index is 10.8. The van der Waals surface area contributed by atoms with Crippen LogP contribution in [0.15, 0.2) is 42.5 Å². The summed E-state index contributed by atoms with van der Waals surface area (Å²) < 4.78 is 0. The van der Waals surface area contributed by atoms with Gasteiger partial charge in [-0.05, 0) is 23.6 Å². The molecule has 0 aliphatic heterocycles. The molecule has 0 fully saturated rings.